The number of rotatable bonds is 11. The molecule has 4 N–H and O–H groups in total. The zero-order valence-electron chi connectivity index (χ0n) is 39.9. The van der Waals surface area contributed by atoms with Gasteiger partial charge >= 0.3 is 12.2 Å². The average molecular weight is 889 g/mol. The predicted octanol–water partition coefficient (Wildman–Crippen LogP) is 9.25. The van der Waals surface area contributed by atoms with E-state index < -0.39 is 24.3 Å². The first-order chi connectivity index (χ1) is 30.8. The van der Waals surface area contributed by atoms with E-state index in [1.54, 1.807) is 0 Å². The first-order valence-electron chi connectivity index (χ1n) is 23.5. The molecule has 8 rings (SSSR count). The molecule has 2 aliphatic heterocycles. The fourth-order valence-electron chi connectivity index (χ4n) is 11.4. The number of H-pyrrole nitrogens is 2. The molecule has 14 heteroatoms. The highest BCUT2D eigenvalue weighted by molar-refractivity contribution is 5.87. The van der Waals surface area contributed by atoms with Gasteiger partial charge < -0.3 is 39.9 Å². The number of benzene rings is 2. The Morgan fingerprint density at radius 2 is 1.12 bits per heavy atom. The molecule has 4 aromatic rings. The minimum absolute atomic E-state index is 0.126. The molecule has 4 amide bonds. The molecule has 0 bridgehead atoms. The number of nitrogens with one attached hydrogen (secondary N) is 4. The normalized spacial score (nSPS) is 21.5. The fourth-order valence-corrected chi connectivity index (χ4v) is 11.4. The second kappa shape index (κ2) is 17.6. The van der Waals surface area contributed by atoms with Gasteiger partial charge in [-0.25, -0.2) is 19.6 Å². The van der Waals surface area contributed by atoms with Crippen molar-refractivity contribution in [3.8, 4) is 33.6 Å². The molecule has 2 aromatic carbocycles. The van der Waals surface area contributed by atoms with Crippen LogP contribution in [0.3, 0.4) is 0 Å². The van der Waals surface area contributed by atoms with E-state index >= 15 is 0 Å². The summed E-state index contributed by atoms with van der Waals surface area (Å²) < 4.78 is 9.71. The van der Waals surface area contributed by atoms with Gasteiger partial charge in [0.25, 0.3) is 0 Å². The van der Waals surface area contributed by atoms with E-state index in [4.69, 9.17) is 19.4 Å². The summed E-state index contributed by atoms with van der Waals surface area (Å²) in [5, 5.41) is 5.53. The van der Waals surface area contributed by atoms with Crippen molar-refractivity contribution in [1.29, 1.82) is 0 Å². The molecule has 4 aliphatic rings. The Kier molecular flexibility index (Phi) is 12.4. The van der Waals surface area contributed by atoms with E-state index in [9.17, 15) is 19.2 Å². The molecule has 1 saturated carbocycles. The lowest BCUT2D eigenvalue weighted by Gasteiger charge is -2.30. The van der Waals surface area contributed by atoms with E-state index in [2.05, 4.69) is 84.7 Å². The number of alkyl carbamates (subject to hydrolysis) is 2. The van der Waals surface area contributed by atoms with E-state index in [1.165, 1.54) is 67.7 Å². The minimum Gasteiger partial charge on any atom is -0.453 e. The summed E-state index contributed by atoms with van der Waals surface area (Å²) in [5.41, 5.74) is 9.16. The molecular formula is C51H68N8O6. The average Bonchev–Trinajstić information content (AvgIpc) is 4.15. The third-order valence-electron chi connectivity index (χ3n) is 14.7. The van der Waals surface area contributed by atoms with Gasteiger partial charge in [0.1, 0.15) is 23.7 Å². The molecular weight excluding hydrogens is 821 g/mol. The van der Waals surface area contributed by atoms with Crippen molar-refractivity contribution in [1.82, 2.24) is 40.4 Å². The Hall–Kier alpha value is -5.66. The lowest BCUT2D eigenvalue weighted by Crippen LogP contribution is -2.51. The third kappa shape index (κ3) is 8.89. The predicted molar refractivity (Wildman–Crippen MR) is 250 cm³/mol. The van der Waals surface area contributed by atoms with Crippen LogP contribution in [0.2, 0.25) is 0 Å². The van der Waals surface area contributed by atoms with Crippen molar-refractivity contribution in [2.75, 3.05) is 27.3 Å². The number of hydrogen-bond donors (Lipinski definition) is 4. The number of aromatic amines is 2. The fraction of sp³-hybridized carbons (Fsp3) is 0.569. The summed E-state index contributed by atoms with van der Waals surface area (Å²) in [6.45, 7) is 17.5. The highest BCUT2D eigenvalue weighted by Gasteiger charge is 2.47. The number of likely N-dealkylation sites (tertiary alicyclic amines) is 2. The van der Waals surface area contributed by atoms with Gasteiger partial charge in [0.15, 0.2) is 0 Å². The number of aromatic nitrogens is 4. The first kappa shape index (κ1) is 45.9. The van der Waals surface area contributed by atoms with Gasteiger partial charge in [-0.15, -0.1) is 0 Å². The smallest absolute Gasteiger partial charge is 0.407 e. The van der Waals surface area contributed by atoms with Crippen molar-refractivity contribution in [3.05, 3.63) is 71.6 Å². The highest BCUT2D eigenvalue weighted by Crippen LogP contribution is 2.55. The van der Waals surface area contributed by atoms with Crippen molar-refractivity contribution in [2.45, 2.75) is 136 Å². The monoisotopic (exact) mass is 889 g/mol. The van der Waals surface area contributed by atoms with Gasteiger partial charge in [-0.05, 0) is 94.4 Å². The molecule has 2 saturated heterocycles. The molecule has 348 valence electrons. The van der Waals surface area contributed by atoms with Crippen molar-refractivity contribution in [3.63, 3.8) is 0 Å². The number of amides is 4. The minimum atomic E-state index is -0.716. The van der Waals surface area contributed by atoms with E-state index in [0.717, 1.165) is 54.3 Å². The lowest BCUT2D eigenvalue weighted by molar-refractivity contribution is -0.136. The van der Waals surface area contributed by atoms with Crippen LogP contribution < -0.4 is 10.6 Å². The molecule has 2 aromatic heterocycles. The van der Waals surface area contributed by atoms with Crippen LogP contribution in [0.4, 0.5) is 9.59 Å². The Labute approximate surface area is 383 Å². The number of nitrogens with zero attached hydrogens (tertiary/aromatic N) is 4. The van der Waals surface area contributed by atoms with Crippen LogP contribution in [0.25, 0.3) is 33.6 Å². The lowest BCUT2D eigenvalue weighted by atomic mass is 9.76. The second-order valence-corrected chi connectivity index (χ2v) is 21.4. The summed E-state index contributed by atoms with van der Waals surface area (Å²) in [6.07, 6.45) is 11.0. The van der Waals surface area contributed by atoms with Crippen molar-refractivity contribution in [2.24, 2.45) is 22.7 Å². The van der Waals surface area contributed by atoms with Gasteiger partial charge in [-0.1, -0.05) is 105 Å². The molecule has 3 fully saturated rings. The molecule has 2 aliphatic carbocycles. The van der Waals surface area contributed by atoms with E-state index in [-0.39, 0.29) is 52.0 Å². The van der Waals surface area contributed by atoms with Crippen LogP contribution in [0.1, 0.15) is 135 Å². The molecule has 4 atom stereocenters. The Morgan fingerprint density at radius 1 is 0.662 bits per heavy atom. The number of fused-ring (bicyclic) bond motifs is 2. The molecule has 0 unspecified atom stereocenters. The quantitative estimate of drug-likeness (QED) is 0.115. The number of methoxy groups -OCH3 is 2. The van der Waals surface area contributed by atoms with Gasteiger partial charge in [0.2, 0.25) is 11.8 Å². The standard InChI is InChI=1S/C51H68N8O6/c1-29(2)41(56-47(62)64-9)45(60)58-27-49(5,6)23-38(58)43-52-25-36(54-43)32-15-13-31(14-16-32)33-17-18-34(35-19-22-51(40(33)35)20-11-12-21-51)37-26-53-44(55-37)39-24-50(7,8)28-59(39)46(61)42(30(3)4)57-48(63)65-10/h13-18,25-26,29-30,38-39,41-42H,11-12,19-24,27-28H2,1-10H3,(H,52,54)(H,53,55)(H,56,62)(H,57,63)/t38-,39-,41-,42-/m0/s1. The maximum atomic E-state index is 14.1. The SMILES string of the molecule is COC(=O)N[C@H](C(=O)N1CC(C)(C)C[C@H]1c1ncc(-c2ccc(-c3ccc(-c4cnc([C@@H]5CC(C)(C)CN5C(=O)[C@@H](NC(=O)OC)C(C)C)[nH]4)c4c3C3(CCCC3)CC4)cc2)[nH]1)C(C)C. The maximum absolute atomic E-state index is 14.1. The van der Waals surface area contributed by atoms with Crippen LogP contribution in [0, 0.1) is 22.7 Å². The van der Waals surface area contributed by atoms with Gasteiger partial charge in [-0.3, -0.25) is 9.59 Å². The van der Waals surface area contributed by atoms with E-state index in [0.29, 0.717) is 13.1 Å². The number of ether oxygens (including phenoxy) is 2. The summed E-state index contributed by atoms with van der Waals surface area (Å²) in [4.78, 5) is 73.4. The first-order valence-corrected chi connectivity index (χ1v) is 23.5. The number of hydrogen-bond acceptors (Lipinski definition) is 8. The maximum Gasteiger partial charge on any atom is 0.407 e. The summed E-state index contributed by atoms with van der Waals surface area (Å²) in [6, 6.07) is 11.3. The number of carbonyl (C=O) groups excluding carboxylic acids is 4. The van der Waals surface area contributed by atoms with Crippen LogP contribution in [-0.4, -0.2) is 93.1 Å². The van der Waals surface area contributed by atoms with E-state index in [1.807, 2.05) is 49.9 Å². The Morgan fingerprint density at radius 3 is 1.62 bits per heavy atom. The number of carbonyl (C=O) groups is 4. The van der Waals surface area contributed by atoms with Crippen LogP contribution in [0.15, 0.2) is 48.8 Å². The summed E-state index contributed by atoms with van der Waals surface area (Å²) >= 11 is 0. The molecule has 1 spiro atoms. The zero-order chi connectivity index (χ0) is 46.6. The highest BCUT2D eigenvalue weighted by atomic mass is 16.5. The third-order valence-corrected chi connectivity index (χ3v) is 14.7. The second-order valence-electron chi connectivity index (χ2n) is 21.4. The number of imidazole rings is 2. The topological polar surface area (TPSA) is 175 Å². The molecule has 4 heterocycles. The Bertz CT molecular complexity index is 2430. The summed E-state index contributed by atoms with van der Waals surface area (Å²) in [5.74, 6) is 0.965. The molecule has 14 nitrogen and oxygen atoms in total. The Balaban J connectivity index is 1.07. The van der Waals surface area contributed by atoms with Gasteiger partial charge in [0, 0.05) is 18.7 Å². The largest absolute Gasteiger partial charge is 0.453 e. The van der Waals surface area contributed by atoms with Crippen molar-refractivity contribution >= 4 is 24.0 Å². The van der Waals surface area contributed by atoms with Gasteiger partial charge in [-0.2, -0.15) is 0 Å². The van der Waals surface area contributed by atoms with Crippen LogP contribution in [0.5, 0.6) is 0 Å². The zero-order valence-corrected chi connectivity index (χ0v) is 39.9. The molecule has 0 radical (unpaired) electrons. The van der Waals surface area contributed by atoms with Crippen molar-refractivity contribution < 1.29 is 28.7 Å². The van der Waals surface area contributed by atoms with Gasteiger partial charge in [0.05, 0.1) is 50.1 Å². The summed E-state index contributed by atoms with van der Waals surface area (Å²) in [7, 11) is 2.62. The van der Waals surface area contributed by atoms with Crippen LogP contribution >= 0.6 is 0 Å². The van der Waals surface area contributed by atoms with Crippen LogP contribution in [-0.2, 0) is 30.9 Å². The molecule has 65 heavy (non-hydrogen) atoms.